The van der Waals surface area contributed by atoms with Crippen LogP contribution in [0, 0.1) is 6.07 Å². The lowest BCUT2D eigenvalue weighted by Gasteiger charge is -1.88. The van der Waals surface area contributed by atoms with E-state index in [1.165, 1.54) is 4.90 Å². The molecule has 1 N–H and O–H groups in total. The zero-order valence-corrected chi connectivity index (χ0v) is 6.89. The van der Waals surface area contributed by atoms with Gasteiger partial charge in [0, 0.05) is 0 Å². The molecule has 1 aromatic rings. The van der Waals surface area contributed by atoms with E-state index in [4.69, 9.17) is 0 Å². The summed E-state index contributed by atoms with van der Waals surface area (Å²) in [5.74, 6) is 0. The van der Waals surface area contributed by atoms with Crippen LogP contribution < -0.4 is 4.90 Å². The molecule has 0 unspecified atom stereocenters. The van der Waals surface area contributed by atoms with Crippen LogP contribution in [0.25, 0.3) is 0 Å². The Morgan fingerprint density at radius 1 is 0.900 bits per heavy atom. The Labute approximate surface area is 63.3 Å². The molecule has 1 nitrogen and oxygen atoms in total. The molecule has 0 bridgehead atoms. The molecule has 10 heavy (non-hydrogen) atoms. The summed E-state index contributed by atoms with van der Waals surface area (Å²) in [5, 5.41) is 0. The summed E-state index contributed by atoms with van der Waals surface area (Å²) in [7, 11) is 6.25. The maximum atomic E-state index is 2.89. The van der Waals surface area contributed by atoms with Crippen molar-refractivity contribution in [1.29, 1.82) is 0 Å². The molecule has 0 aliphatic heterocycles. The summed E-state index contributed by atoms with van der Waals surface area (Å²) in [5.41, 5.74) is 0. The molecule has 1 aromatic carbocycles. The van der Waals surface area contributed by atoms with E-state index in [1.807, 2.05) is 30.3 Å². The molecule has 0 radical (unpaired) electrons. The smallest absolute Gasteiger partial charge is 0.0661 e. The summed E-state index contributed by atoms with van der Waals surface area (Å²) >= 11 is 0. The van der Waals surface area contributed by atoms with Gasteiger partial charge in [0.2, 0.25) is 0 Å². The van der Waals surface area contributed by atoms with Gasteiger partial charge in [0.1, 0.15) is 0 Å². The first-order chi connectivity index (χ1) is 4.73. The lowest BCUT2D eigenvalue weighted by molar-refractivity contribution is -0.836. The third-order valence-corrected chi connectivity index (χ3v) is 0.607. The van der Waals surface area contributed by atoms with Gasteiger partial charge in [-0.3, -0.25) is 0 Å². The first kappa shape index (κ1) is 9.18. The lowest BCUT2D eigenvalue weighted by Crippen LogP contribution is -3.02. The minimum Gasteiger partial charge on any atom is -0.342 e. The van der Waals surface area contributed by atoms with Crippen LogP contribution in [-0.2, 0) is 0 Å². The van der Waals surface area contributed by atoms with Crippen molar-refractivity contribution in [3.05, 3.63) is 36.4 Å². The largest absolute Gasteiger partial charge is 0.342 e. The molecule has 0 saturated heterocycles. The molecular weight excluding hydrogens is 122 g/mol. The van der Waals surface area contributed by atoms with Gasteiger partial charge in [-0.2, -0.15) is 36.4 Å². The van der Waals surface area contributed by atoms with Gasteiger partial charge in [0.25, 0.3) is 0 Å². The van der Waals surface area contributed by atoms with Gasteiger partial charge in [0.05, 0.1) is 21.1 Å². The van der Waals surface area contributed by atoms with Crippen LogP contribution in [0.1, 0.15) is 0 Å². The third-order valence-electron chi connectivity index (χ3n) is 0.607. The fourth-order valence-electron chi connectivity index (χ4n) is 0.342. The molecule has 0 aliphatic carbocycles. The number of quaternary nitrogens is 1. The monoisotopic (exact) mass is 137 g/mol. The average Bonchev–Trinajstić information content (AvgIpc) is 1.90. The van der Waals surface area contributed by atoms with Crippen molar-refractivity contribution in [2.24, 2.45) is 0 Å². The van der Waals surface area contributed by atoms with Gasteiger partial charge in [-0.05, 0) is 0 Å². The van der Waals surface area contributed by atoms with Crippen molar-refractivity contribution >= 4 is 0 Å². The highest BCUT2D eigenvalue weighted by Crippen LogP contribution is 1.78. The van der Waals surface area contributed by atoms with Crippen LogP contribution in [0.2, 0.25) is 0 Å². The maximum Gasteiger partial charge on any atom is 0.0661 e. The van der Waals surface area contributed by atoms with Crippen LogP contribution in [0.5, 0.6) is 0 Å². The highest BCUT2D eigenvalue weighted by atomic mass is 15.0. The van der Waals surface area contributed by atoms with Gasteiger partial charge in [-0.25, -0.2) is 0 Å². The molecule has 0 spiro atoms. The Morgan fingerprint density at radius 3 is 1.40 bits per heavy atom. The van der Waals surface area contributed by atoms with E-state index in [-0.39, 0.29) is 0 Å². The van der Waals surface area contributed by atoms with Crippen molar-refractivity contribution in [3.63, 3.8) is 0 Å². The Kier molecular flexibility index (Phi) is 5.79. The summed E-state index contributed by atoms with van der Waals surface area (Å²) in [6, 6.07) is 12.5. The van der Waals surface area contributed by atoms with E-state index in [0.29, 0.717) is 0 Å². The van der Waals surface area contributed by atoms with E-state index >= 15 is 0 Å². The average molecular weight is 137 g/mol. The highest BCUT2D eigenvalue weighted by Gasteiger charge is 1.61. The molecule has 0 atom stereocenters. The van der Waals surface area contributed by atoms with Crippen molar-refractivity contribution in [2.45, 2.75) is 0 Å². The topological polar surface area (TPSA) is 4.44 Å². The van der Waals surface area contributed by atoms with Crippen molar-refractivity contribution in [1.82, 2.24) is 0 Å². The minimum atomic E-state index is 1.42. The summed E-state index contributed by atoms with van der Waals surface area (Å²) in [6.07, 6.45) is 0. The van der Waals surface area contributed by atoms with Crippen molar-refractivity contribution < 1.29 is 4.90 Å². The zero-order valence-electron chi connectivity index (χ0n) is 6.89. The van der Waals surface area contributed by atoms with Crippen LogP contribution in [0.3, 0.4) is 0 Å². The number of benzene rings is 1. The second-order valence-electron chi connectivity index (χ2n) is 2.58. The van der Waals surface area contributed by atoms with Gasteiger partial charge in [-0.1, -0.05) is 0 Å². The second kappa shape index (κ2) is 6.30. The third kappa shape index (κ3) is 10.2. The van der Waals surface area contributed by atoms with Gasteiger partial charge in [-0.15, -0.1) is 0 Å². The predicted molar refractivity (Wildman–Crippen MR) is 44.0 cm³/mol. The molecule has 1 rings (SSSR count). The Bertz CT molecular complexity index is 105. The number of rotatable bonds is 0. The van der Waals surface area contributed by atoms with Gasteiger partial charge < -0.3 is 4.90 Å². The van der Waals surface area contributed by atoms with E-state index in [9.17, 15) is 0 Å². The van der Waals surface area contributed by atoms with E-state index < -0.39 is 0 Å². The number of nitrogens with one attached hydrogen (secondary N) is 1. The fourth-order valence-corrected chi connectivity index (χ4v) is 0.342. The number of hydrogen-bond acceptors (Lipinski definition) is 0. The van der Waals surface area contributed by atoms with Crippen LogP contribution in [0.15, 0.2) is 30.3 Å². The molecule has 0 heterocycles. The van der Waals surface area contributed by atoms with Crippen LogP contribution >= 0.6 is 0 Å². The van der Waals surface area contributed by atoms with Gasteiger partial charge >= 0.3 is 0 Å². The molecule has 0 aromatic heterocycles. The number of hydrogen-bond donors (Lipinski definition) is 1. The summed E-state index contributed by atoms with van der Waals surface area (Å²) in [6.45, 7) is 0. The Morgan fingerprint density at radius 2 is 1.30 bits per heavy atom. The zero-order chi connectivity index (χ0) is 7.82. The maximum absolute atomic E-state index is 2.89. The van der Waals surface area contributed by atoms with E-state index in [2.05, 4.69) is 27.2 Å². The summed E-state index contributed by atoms with van der Waals surface area (Å²) < 4.78 is 0. The Balaban J connectivity index is 0.000000180. The van der Waals surface area contributed by atoms with Crippen LogP contribution in [-0.4, -0.2) is 21.1 Å². The van der Waals surface area contributed by atoms with Crippen LogP contribution in [0.4, 0.5) is 0 Å². The molecule has 0 aliphatic rings. The Hall–Kier alpha value is -0.820. The normalized spacial score (nSPS) is 8.40. The fraction of sp³-hybridized carbons (Fsp3) is 0.333. The first-order valence-corrected chi connectivity index (χ1v) is 3.41. The summed E-state index contributed by atoms with van der Waals surface area (Å²) in [4.78, 5) is 1.42. The molecule has 0 saturated carbocycles. The minimum absolute atomic E-state index is 1.42. The molecule has 56 valence electrons. The van der Waals surface area contributed by atoms with E-state index in [1.54, 1.807) is 0 Å². The van der Waals surface area contributed by atoms with Crippen molar-refractivity contribution in [3.8, 4) is 0 Å². The molecule has 0 amide bonds. The van der Waals surface area contributed by atoms with Crippen molar-refractivity contribution in [2.75, 3.05) is 21.1 Å². The second-order valence-corrected chi connectivity index (χ2v) is 2.58. The first-order valence-electron chi connectivity index (χ1n) is 3.41. The standard InChI is InChI=1S/C6H5.C3H9N/c1-2-4-6-5-3-1;1-4(2)3/h1-5H;1-3H3/q-1;/p+1. The lowest BCUT2D eigenvalue weighted by atomic mass is 10.4. The molecule has 0 fully saturated rings. The van der Waals surface area contributed by atoms with E-state index in [0.717, 1.165) is 0 Å². The van der Waals surface area contributed by atoms with Gasteiger partial charge in [0.15, 0.2) is 0 Å². The molecule has 1 heteroatoms. The predicted octanol–water partition coefficient (Wildman–Crippen LogP) is 0.247. The quantitative estimate of drug-likeness (QED) is 0.489. The molecular formula is C9H15N. The highest BCUT2D eigenvalue weighted by molar-refractivity contribution is 4.97. The SMILES string of the molecule is C[NH+](C)C.[c-]1ccccc1.